The molecule has 16 heavy (non-hydrogen) atoms. The van der Waals surface area contributed by atoms with Gasteiger partial charge in [-0.15, -0.1) is 0 Å². The van der Waals surface area contributed by atoms with Gasteiger partial charge in [0.1, 0.15) is 0 Å². The van der Waals surface area contributed by atoms with Crippen LogP contribution >= 0.6 is 23.5 Å². The summed E-state index contributed by atoms with van der Waals surface area (Å²) in [4.78, 5) is 0. The largest absolute Gasteiger partial charge is 0.380 e. The first kappa shape index (κ1) is 13.1. The molecule has 0 aromatic rings. The van der Waals surface area contributed by atoms with Gasteiger partial charge < -0.3 is 9.47 Å². The van der Waals surface area contributed by atoms with Crippen molar-refractivity contribution in [3.05, 3.63) is 0 Å². The first-order valence-corrected chi connectivity index (χ1v) is 8.43. The maximum atomic E-state index is 5.57. The molecule has 0 aromatic carbocycles. The molecule has 2 rings (SSSR count). The molecule has 2 fully saturated rings. The quantitative estimate of drug-likeness (QED) is 0.421. The Bertz CT molecular complexity index is 162. The zero-order valence-corrected chi connectivity index (χ0v) is 11.5. The molecule has 0 aliphatic carbocycles. The Labute approximate surface area is 107 Å². The normalized spacial score (nSPS) is 27.0. The first-order chi connectivity index (χ1) is 7.95. The van der Waals surface area contributed by atoms with Crippen molar-refractivity contribution in [3.63, 3.8) is 0 Å². The molecule has 2 saturated heterocycles. The Kier molecular flexibility index (Phi) is 6.41. The van der Waals surface area contributed by atoms with Crippen molar-refractivity contribution < 1.29 is 9.47 Å². The Balaban J connectivity index is 1.22. The van der Waals surface area contributed by atoms with E-state index < -0.39 is 0 Å². The lowest BCUT2D eigenvalue weighted by Gasteiger charge is -2.04. The summed E-state index contributed by atoms with van der Waals surface area (Å²) in [5, 5.41) is 1.65. The molecule has 2 aliphatic heterocycles. The van der Waals surface area contributed by atoms with Gasteiger partial charge in [0.05, 0.1) is 13.2 Å². The topological polar surface area (TPSA) is 18.5 Å². The molecule has 94 valence electrons. The molecule has 0 aromatic heterocycles. The fourth-order valence-electron chi connectivity index (χ4n) is 1.52. The Morgan fingerprint density at radius 2 is 1.19 bits per heavy atom. The van der Waals surface area contributed by atoms with Gasteiger partial charge in [-0.05, 0) is 12.8 Å². The van der Waals surface area contributed by atoms with Crippen LogP contribution in [-0.2, 0) is 9.47 Å². The summed E-state index contributed by atoms with van der Waals surface area (Å²) in [6, 6.07) is 0. The van der Waals surface area contributed by atoms with E-state index in [9.17, 15) is 0 Å². The highest BCUT2D eigenvalue weighted by Crippen LogP contribution is 2.30. The van der Waals surface area contributed by atoms with Crippen molar-refractivity contribution in [2.45, 2.75) is 36.2 Å². The minimum atomic E-state index is 0.827. The van der Waals surface area contributed by atoms with Gasteiger partial charge in [-0.25, -0.2) is 0 Å². The summed E-state index contributed by atoms with van der Waals surface area (Å²) in [7, 11) is 0. The number of ether oxygens (including phenoxy) is 2. The lowest BCUT2D eigenvalue weighted by Crippen LogP contribution is -2.03. The summed E-state index contributed by atoms with van der Waals surface area (Å²) >= 11 is 4.02. The predicted octanol–water partition coefficient (Wildman–Crippen LogP) is 2.81. The van der Waals surface area contributed by atoms with Crippen molar-refractivity contribution in [2.75, 3.05) is 37.9 Å². The van der Waals surface area contributed by atoms with Crippen LogP contribution in [0.15, 0.2) is 0 Å². The van der Waals surface area contributed by atoms with Crippen molar-refractivity contribution in [3.8, 4) is 0 Å². The van der Waals surface area contributed by atoms with E-state index in [0.29, 0.717) is 0 Å². The van der Waals surface area contributed by atoms with E-state index in [0.717, 1.165) is 36.9 Å². The Morgan fingerprint density at radius 1 is 0.750 bits per heavy atom. The van der Waals surface area contributed by atoms with Gasteiger partial charge in [-0.3, -0.25) is 0 Å². The summed E-state index contributed by atoms with van der Waals surface area (Å²) in [5.74, 6) is 2.63. The van der Waals surface area contributed by atoms with Crippen LogP contribution in [0.5, 0.6) is 0 Å². The van der Waals surface area contributed by atoms with Crippen LogP contribution in [0.3, 0.4) is 0 Å². The molecule has 2 heterocycles. The molecular formula is C12H22O2S2. The standard InChI is InChI=1S/C12H22O2S2/c1(3-5-13-7-11-9-15-11)2-4-6-14-8-12-10-16-12/h11-12H,1-10H2. The van der Waals surface area contributed by atoms with Gasteiger partial charge in [-0.1, -0.05) is 12.8 Å². The van der Waals surface area contributed by atoms with E-state index in [1.54, 1.807) is 0 Å². The van der Waals surface area contributed by atoms with E-state index >= 15 is 0 Å². The van der Waals surface area contributed by atoms with E-state index in [1.807, 2.05) is 23.5 Å². The van der Waals surface area contributed by atoms with Gasteiger partial charge in [0, 0.05) is 35.2 Å². The maximum Gasteiger partial charge on any atom is 0.0593 e. The highest BCUT2D eigenvalue weighted by atomic mass is 32.2. The fraction of sp³-hybridized carbons (Fsp3) is 1.00. The molecule has 4 heteroatoms. The van der Waals surface area contributed by atoms with Crippen molar-refractivity contribution in [1.82, 2.24) is 0 Å². The smallest absolute Gasteiger partial charge is 0.0593 e. The van der Waals surface area contributed by atoms with E-state index in [1.165, 1.54) is 37.2 Å². The van der Waals surface area contributed by atoms with Crippen LogP contribution in [0.4, 0.5) is 0 Å². The van der Waals surface area contributed by atoms with Crippen molar-refractivity contribution in [2.24, 2.45) is 0 Å². The molecule has 2 atom stereocenters. The number of hydrogen-bond donors (Lipinski definition) is 0. The Morgan fingerprint density at radius 3 is 1.56 bits per heavy atom. The number of hydrogen-bond acceptors (Lipinski definition) is 4. The van der Waals surface area contributed by atoms with Gasteiger partial charge in [-0.2, -0.15) is 23.5 Å². The third kappa shape index (κ3) is 7.05. The average molecular weight is 262 g/mol. The third-order valence-corrected chi connectivity index (χ3v) is 4.62. The lowest BCUT2D eigenvalue weighted by atomic mass is 10.2. The predicted molar refractivity (Wildman–Crippen MR) is 72.6 cm³/mol. The summed E-state index contributed by atoms with van der Waals surface area (Å²) in [6.07, 6.45) is 5.02. The fourth-order valence-corrected chi connectivity index (χ4v) is 2.37. The van der Waals surface area contributed by atoms with Crippen LogP contribution < -0.4 is 0 Å². The van der Waals surface area contributed by atoms with E-state index in [2.05, 4.69) is 0 Å². The molecule has 0 amide bonds. The lowest BCUT2D eigenvalue weighted by molar-refractivity contribution is 0.128. The van der Waals surface area contributed by atoms with Crippen molar-refractivity contribution in [1.29, 1.82) is 0 Å². The van der Waals surface area contributed by atoms with Crippen LogP contribution in [0, 0.1) is 0 Å². The minimum absolute atomic E-state index is 0.827. The second kappa shape index (κ2) is 7.85. The molecular weight excluding hydrogens is 240 g/mol. The number of unbranched alkanes of at least 4 members (excludes halogenated alkanes) is 3. The molecule has 2 unspecified atom stereocenters. The molecule has 0 saturated carbocycles. The zero-order chi connectivity index (χ0) is 11.1. The van der Waals surface area contributed by atoms with Crippen LogP contribution in [0.1, 0.15) is 25.7 Å². The SMILES string of the molecule is C(CCCOCC1CS1)CCOCC1CS1. The minimum Gasteiger partial charge on any atom is -0.380 e. The number of rotatable bonds is 11. The second-order valence-corrected chi connectivity index (χ2v) is 7.14. The summed E-state index contributed by atoms with van der Waals surface area (Å²) in [6.45, 7) is 3.87. The number of thioether (sulfide) groups is 2. The average Bonchev–Trinajstić information content (AvgIpc) is 3.14. The molecule has 0 N–H and O–H groups in total. The zero-order valence-electron chi connectivity index (χ0n) is 9.86. The summed E-state index contributed by atoms with van der Waals surface area (Å²) < 4.78 is 11.1. The van der Waals surface area contributed by atoms with E-state index in [4.69, 9.17) is 9.47 Å². The van der Waals surface area contributed by atoms with Gasteiger partial charge >= 0.3 is 0 Å². The van der Waals surface area contributed by atoms with Crippen molar-refractivity contribution >= 4 is 23.5 Å². The van der Waals surface area contributed by atoms with Gasteiger partial charge in [0.25, 0.3) is 0 Å². The molecule has 2 aliphatic rings. The maximum absolute atomic E-state index is 5.57. The highest BCUT2D eigenvalue weighted by Gasteiger charge is 2.22. The summed E-state index contributed by atoms with van der Waals surface area (Å²) in [5.41, 5.74) is 0. The molecule has 2 nitrogen and oxygen atoms in total. The van der Waals surface area contributed by atoms with Gasteiger partial charge in [0.2, 0.25) is 0 Å². The molecule has 0 bridgehead atoms. The second-order valence-electron chi connectivity index (χ2n) is 4.47. The van der Waals surface area contributed by atoms with Gasteiger partial charge in [0.15, 0.2) is 0 Å². The third-order valence-electron chi connectivity index (χ3n) is 2.74. The molecule has 0 radical (unpaired) electrons. The Hall–Kier alpha value is 0.620. The monoisotopic (exact) mass is 262 g/mol. The first-order valence-electron chi connectivity index (χ1n) is 6.34. The van der Waals surface area contributed by atoms with Crippen LogP contribution in [-0.4, -0.2) is 48.4 Å². The molecule has 0 spiro atoms. The van der Waals surface area contributed by atoms with Crippen LogP contribution in [0.25, 0.3) is 0 Å². The van der Waals surface area contributed by atoms with E-state index in [-0.39, 0.29) is 0 Å². The van der Waals surface area contributed by atoms with Crippen LogP contribution in [0.2, 0.25) is 0 Å². The highest BCUT2D eigenvalue weighted by molar-refractivity contribution is 8.07.